The van der Waals surface area contributed by atoms with Crippen LogP contribution in [0.1, 0.15) is 26.7 Å². The molecular formula is C9H20N2. The average Bonchev–Trinajstić information content (AvgIpc) is 1.93. The Morgan fingerprint density at radius 3 is 2.45 bits per heavy atom. The molecule has 1 rings (SSSR count). The SMILES string of the molecule is CC(N)CN1CCC(C)CC1. The summed E-state index contributed by atoms with van der Waals surface area (Å²) >= 11 is 0. The molecule has 11 heavy (non-hydrogen) atoms. The predicted octanol–water partition coefficient (Wildman–Crippen LogP) is 1.07. The van der Waals surface area contributed by atoms with Crippen molar-refractivity contribution in [1.29, 1.82) is 0 Å². The zero-order chi connectivity index (χ0) is 8.27. The van der Waals surface area contributed by atoms with Gasteiger partial charge in [0.15, 0.2) is 0 Å². The van der Waals surface area contributed by atoms with Crippen LogP contribution in [0.25, 0.3) is 0 Å². The smallest absolute Gasteiger partial charge is 0.0139 e. The highest BCUT2D eigenvalue weighted by Gasteiger charge is 2.15. The predicted molar refractivity (Wildman–Crippen MR) is 48.5 cm³/mol. The van der Waals surface area contributed by atoms with Gasteiger partial charge in [0.2, 0.25) is 0 Å². The summed E-state index contributed by atoms with van der Waals surface area (Å²) in [6.45, 7) is 8.00. The molecule has 2 N–H and O–H groups in total. The van der Waals surface area contributed by atoms with Crippen LogP contribution in [0.5, 0.6) is 0 Å². The Morgan fingerprint density at radius 2 is 2.00 bits per heavy atom. The van der Waals surface area contributed by atoms with E-state index in [2.05, 4.69) is 18.7 Å². The molecule has 1 aliphatic rings. The third kappa shape index (κ3) is 3.21. The molecule has 1 heterocycles. The highest BCUT2D eigenvalue weighted by molar-refractivity contribution is 4.71. The van der Waals surface area contributed by atoms with Crippen molar-refractivity contribution < 1.29 is 0 Å². The van der Waals surface area contributed by atoms with Gasteiger partial charge in [0.05, 0.1) is 0 Å². The monoisotopic (exact) mass is 156 g/mol. The summed E-state index contributed by atoms with van der Waals surface area (Å²) in [5.41, 5.74) is 5.72. The summed E-state index contributed by atoms with van der Waals surface area (Å²) in [6, 6.07) is 0.336. The van der Waals surface area contributed by atoms with E-state index < -0.39 is 0 Å². The zero-order valence-electron chi connectivity index (χ0n) is 7.71. The van der Waals surface area contributed by atoms with Crippen LogP contribution in [-0.4, -0.2) is 30.6 Å². The fourth-order valence-corrected chi connectivity index (χ4v) is 1.65. The number of rotatable bonds is 2. The Balaban J connectivity index is 2.17. The normalized spacial score (nSPS) is 25.4. The Morgan fingerprint density at radius 1 is 1.45 bits per heavy atom. The van der Waals surface area contributed by atoms with Gasteiger partial charge in [-0.05, 0) is 38.8 Å². The lowest BCUT2D eigenvalue weighted by molar-refractivity contribution is 0.185. The molecule has 0 aromatic heterocycles. The van der Waals surface area contributed by atoms with Crippen LogP contribution in [0.15, 0.2) is 0 Å². The van der Waals surface area contributed by atoms with Crippen molar-refractivity contribution in [3.8, 4) is 0 Å². The lowest BCUT2D eigenvalue weighted by atomic mass is 9.99. The van der Waals surface area contributed by atoms with Gasteiger partial charge < -0.3 is 10.6 Å². The second-order valence-corrected chi connectivity index (χ2v) is 3.96. The molecule has 0 aromatic carbocycles. The summed E-state index contributed by atoms with van der Waals surface area (Å²) in [5, 5.41) is 0. The summed E-state index contributed by atoms with van der Waals surface area (Å²) in [4.78, 5) is 2.48. The first-order valence-electron chi connectivity index (χ1n) is 4.66. The Hall–Kier alpha value is -0.0800. The van der Waals surface area contributed by atoms with Crippen LogP contribution in [0.2, 0.25) is 0 Å². The standard InChI is InChI=1S/C9H20N2/c1-8-3-5-11(6-4-8)7-9(2)10/h8-9H,3-7,10H2,1-2H3. The van der Waals surface area contributed by atoms with Crippen LogP contribution >= 0.6 is 0 Å². The molecule has 0 aromatic rings. The second kappa shape index (κ2) is 4.07. The van der Waals surface area contributed by atoms with Crippen molar-refractivity contribution in [2.24, 2.45) is 11.7 Å². The van der Waals surface area contributed by atoms with Crippen molar-refractivity contribution in [1.82, 2.24) is 4.90 Å². The first-order valence-corrected chi connectivity index (χ1v) is 4.66. The maximum Gasteiger partial charge on any atom is 0.0139 e. The molecule has 0 radical (unpaired) electrons. The Kier molecular flexibility index (Phi) is 3.34. The summed E-state index contributed by atoms with van der Waals surface area (Å²) in [6.07, 6.45) is 2.71. The quantitative estimate of drug-likeness (QED) is 0.648. The highest BCUT2D eigenvalue weighted by atomic mass is 15.1. The molecule has 0 spiro atoms. The van der Waals surface area contributed by atoms with E-state index in [9.17, 15) is 0 Å². The van der Waals surface area contributed by atoms with Crippen LogP contribution in [0.3, 0.4) is 0 Å². The molecule has 1 aliphatic heterocycles. The van der Waals surface area contributed by atoms with Crippen molar-refractivity contribution in [3.63, 3.8) is 0 Å². The minimum atomic E-state index is 0.336. The molecule has 0 amide bonds. The zero-order valence-corrected chi connectivity index (χ0v) is 7.71. The summed E-state index contributed by atoms with van der Waals surface area (Å²) in [7, 11) is 0. The third-order valence-electron chi connectivity index (χ3n) is 2.42. The van der Waals surface area contributed by atoms with Crippen LogP contribution in [0.4, 0.5) is 0 Å². The lowest BCUT2D eigenvalue weighted by Gasteiger charge is -2.31. The van der Waals surface area contributed by atoms with Gasteiger partial charge in [-0.25, -0.2) is 0 Å². The van der Waals surface area contributed by atoms with Crippen LogP contribution < -0.4 is 5.73 Å². The van der Waals surface area contributed by atoms with E-state index in [1.165, 1.54) is 25.9 Å². The Bertz CT molecular complexity index is 104. The van der Waals surface area contributed by atoms with Crippen molar-refractivity contribution in [3.05, 3.63) is 0 Å². The first kappa shape index (κ1) is 9.01. The van der Waals surface area contributed by atoms with Gasteiger partial charge in [0.25, 0.3) is 0 Å². The number of likely N-dealkylation sites (tertiary alicyclic amines) is 1. The van der Waals surface area contributed by atoms with E-state index in [4.69, 9.17) is 5.73 Å². The average molecular weight is 156 g/mol. The van der Waals surface area contributed by atoms with Gasteiger partial charge in [-0.1, -0.05) is 6.92 Å². The largest absolute Gasteiger partial charge is 0.327 e. The fraction of sp³-hybridized carbons (Fsp3) is 1.00. The number of nitrogens with zero attached hydrogens (tertiary/aromatic N) is 1. The molecule has 0 aliphatic carbocycles. The van der Waals surface area contributed by atoms with E-state index >= 15 is 0 Å². The van der Waals surface area contributed by atoms with Crippen LogP contribution in [0, 0.1) is 5.92 Å². The molecule has 1 unspecified atom stereocenters. The van der Waals surface area contributed by atoms with E-state index in [0.29, 0.717) is 6.04 Å². The van der Waals surface area contributed by atoms with E-state index in [-0.39, 0.29) is 0 Å². The first-order chi connectivity index (χ1) is 5.18. The minimum Gasteiger partial charge on any atom is -0.327 e. The maximum atomic E-state index is 5.72. The maximum absolute atomic E-state index is 5.72. The topological polar surface area (TPSA) is 29.3 Å². The minimum absolute atomic E-state index is 0.336. The number of piperidine rings is 1. The number of nitrogens with two attached hydrogens (primary N) is 1. The van der Waals surface area contributed by atoms with Gasteiger partial charge in [-0.15, -0.1) is 0 Å². The van der Waals surface area contributed by atoms with E-state index in [1.807, 2.05) is 0 Å². The third-order valence-corrected chi connectivity index (χ3v) is 2.42. The highest BCUT2D eigenvalue weighted by Crippen LogP contribution is 2.15. The van der Waals surface area contributed by atoms with Crippen molar-refractivity contribution in [2.75, 3.05) is 19.6 Å². The van der Waals surface area contributed by atoms with Gasteiger partial charge in [0.1, 0.15) is 0 Å². The fourth-order valence-electron chi connectivity index (χ4n) is 1.65. The Labute approximate surface area is 69.8 Å². The molecule has 0 saturated carbocycles. The van der Waals surface area contributed by atoms with Gasteiger partial charge in [-0.3, -0.25) is 0 Å². The molecule has 1 saturated heterocycles. The van der Waals surface area contributed by atoms with E-state index in [0.717, 1.165) is 12.5 Å². The van der Waals surface area contributed by atoms with Crippen molar-refractivity contribution >= 4 is 0 Å². The molecule has 0 bridgehead atoms. The van der Waals surface area contributed by atoms with E-state index in [1.54, 1.807) is 0 Å². The van der Waals surface area contributed by atoms with Gasteiger partial charge >= 0.3 is 0 Å². The van der Waals surface area contributed by atoms with Gasteiger partial charge in [0, 0.05) is 12.6 Å². The summed E-state index contributed by atoms with van der Waals surface area (Å²) in [5.74, 6) is 0.930. The second-order valence-electron chi connectivity index (χ2n) is 3.96. The number of hydrogen-bond acceptors (Lipinski definition) is 2. The molecule has 2 nitrogen and oxygen atoms in total. The summed E-state index contributed by atoms with van der Waals surface area (Å²) < 4.78 is 0. The molecule has 66 valence electrons. The van der Waals surface area contributed by atoms with Crippen molar-refractivity contribution in [2.45, 2.75) is 32.7 Å². The molecule has 1 atom stereocenters. The molecule has 1 fully saturated rings. The lowest BCUT2D eigenvalue weighted by Crippen LogP contribution is -2.40. The number of hydrogen-bond donors (Lipinski definition) is 1. The molecular weight excluding hydrogens is 136 g/mol. The van der Waals surface area contributed by atoms with Crippen LogP contribution in [-0.2, 0) is 0 Å². The molecule has 2 heteroatoms. The van der Waals surface area contributed by atoms with Gasteiger partial charge in [-0.2, -0.15) is 0 Å².